The smallest absolute Gasteiger partial charge is 0.378 e. The molecule has 1 saturated heterocycles. The van der Waals surface area contributed by atoms with Crippen molar-refractivity contribution in [2.75, 3.05) is 6.61 Å². The molecule has 0 aromatic heterocycles. The summed E-state index contributed by atoms with van der Waals surface area (Å²) < 4.78 is 27.2. The summed E-state index contributed by atoms with van der Waals surface area (Å²) >= 11 is -2.78. The number of carbonyl (C=O) groups excluding carboxylic acids is 2. The van der Waals surface area contributed by atoms with Gasteiger partial charge in [-0.3, -0.25) is 13.5 Å². The Kier molecular flexibility index (Phi) is 3.88. The van der Waals surface area contributed by atoms with Gasteiger partial charge in [0.2, 0.25) is 0 Å². The number of esters is 1. The second-order valence-electron chi connectivity index (χ2n) is 2.72. The van der Waals surface area contributed by atoms with Crippen molar-refractivity contribution in [2.45, 2.75) is 18.3 Å². The van der Waals surface area contributed by atoms with Crippen molar-refractivity contribution in [1.82, 2.24) is 0 Å². The van der Waals surface area contributed by atoms with E-state index in [0.29, 0.717) is 0 Å². The third kappa shape index (κ3) is 2.58. The van der Waals surface area contributed by atoms with Crippen LogP contribution >= 0.6 is 0 Å². The van der Waals surface area contributed by atoms with E-state index in [1.54, 1.807) is 0 Å². The lowest BCUT2D eigenvalue weighted by Gasteiger charge is -2.18. The van der Waals surface area contributed by atoms with Crippen molar-refractivity contribution in [3.8, 4) is 0 Å². The Morgan fingerprint density at radius 2 is 2.13 bits per heavy atom. The molecule has 0 aliphatic carbocycles. The van der Waals surface area contributed by atoms with Crippen LogP contribution in [-0.2, 0) is 29.9 Å². The van der Waals surface area contributed by atoms with Crippen LogP contribution in [0.1, 0.15) is 0 Å². The minimum atomic E-state index is -2.78. The second kappa shape index (κ2) is 4.77. The second-order valence-corrected chi connectivity index (χ2v) is 3.34. The zero-order valence-electron chi connectivity index (χ0n) is 7.23. The monoisotopic (exact) mass is 240 g/mol. The summed E-state index contributed by atoms with van der Waals surface area (Å²) in [7, 11) is 0. The van der Waals surface area contributed by atoms with Gasteiger partial charge in [-0.25, -0.2) is 4.79 Å². The molecule has 86 valence electrons. The van der Waals surface area contributed by atoms with Gasteiger partial charge in [0, 0.05) is 0 Å². The van der Waals surface area contributed by atoms with Crippen LogP contribution in [0.2, 0.25) is 0 Å². The lowest BCUT2D eigenvalue weighted by molar-refractivity contribution is -0.151. The number of hydrogen-bond donors (Lipinski definition) is 3. The van der Waals surface area contributed by atoms with Crippen molar-refractivity contribution in [2.24, 2.45) is 0 Å². The molecule has 0 saturated carbocycles. The van der Waals surface area contributed by atoms with E-state index in [1.165, 1.54) is 0 Å². The van der Waals surface area contributed by atoms with Gasteiger partial charge in [-0.15, -0.1) is 0 Å². The average Bonchev–Trinajstić information content (AvgIpc) is 2.44. The van der Waals surface area contributed by atoms with Crippen LogP contribution in [0.3, 0.4) is 0 Å². The molecule has 1 aliphatic rings. The minimum absolute atomic E-state index is 0.775. The third-order valence-corrected chi connectivity index (χ3v) is 2.13. The Balaban J connectivity index is 2.81. The number of ether oxygens (including phenoxy) is 1. The third-order valence-electron chi connectivity index (χ3n) is 1.75. The molecule has 1 fully saturated rings. The average molecular weight is 240 g/mol. The first-order chi connectivity index (χ1) is 6.97. The number of carbonyl (C=O) groups is 2. The number of rotatable bonds is 4. The molecule has 8 nitrogen and oxygen atoms in total. The molecule has 15 heavy (non-hydrogen) atoms. The molecule has 0 spiro atoms. The molecule has 1 rings (SSSR count). The summed E-state index contributed by atoms with van der Waals surface area (Å²) in [6.45, 7) is -0.775. The highest BCUT2D eigenvalue weighted by Crippen LogP contribution is 2.19. The van der Waals surface area contributed by atoms with Crippen molar-refractivity contribution in [3.63, 3.8) is 0 Å². The molecule has 0 radical (unpaired) electrons. The van der Waals surface area contributed by atoms with Crippen molar-refractivity contribution < 1.29 is 37.5 Å². The van der Waals surface area contributed by atoms with Crippen LogP contribution in [0.4, 0.5) is 0 Å². The molecule has 3 N–H and O–H groups in total. The summed E-state index contributed by atoms with van der Waals surface area (Å²) in [4.78, 5) is 21.8. The first kappa shape index (κ1) is 12.2. The predicted molar refractivity (Wildman–Crippen MR) is 43.6 cm³/mol. The molecule has 1 aliphatic heterocycles. The largest absolute Gasteiger partial charge is 0.450 e. The fraction of sp³-hybridized carbons (Fsp3) is 0.667. The van der Waals surface area contributed by atoms with E-state index in [-0.39, 0.29) is 0 Å². The molecule has 9 heteroatoms. The Morgan fingerprint density at radius 1 is 1.53 bits per heavy atom. The molecule has 0 aromatic carbocycles. The number of hydrogen-bond acceptors (Lipinski definition) is 7. The van der Waals surface area contributed by atoms with Gasteiger partial charge in [0.25, 0.3) is 5.78 Å². The first-order valence-corrected chi connectivity index (χ1v) is 4.82. The maximum Gasteiger partial charge on any atom is 0.378 e. The van der Waals surface area contributed by atoms with E-state index < -0.39 is 48.0 Å². The number of Topliss-reactive ketones (excluding diaryl/α,β-unsaturated/α-hetero) is 1. The standard InChI is InChI=1S/C6H8O8S/c7-1-2(8)4-5(14-15(11)12)3(9)6(10)13-4/h2,4-5,7-8H,1H2,(H,11,12)/t2-,4+,5?/m0/s1. The fourth-order valence-corrected chi connectivity index (χ4v) is 1.45. The van der Waals surface area contributed by atoms with Crippen LogP contribution in [0.15, 0.2) is 0 Å². The number of ketones is 1. The van der Waals surface area contributed by atoms with E-state index in [9.17, 15) is 13.8 Å². The van der Waals surface area contributed by atoms with E-state index in [2.05, 4.69) is 8.92 Å². The van der Waals surface area contributed by atoms with Crippen LogP contribution in [-0.4, -0.2) is 55.6 Å². The van der Waals surface area contributed by atoms with E-state index >= 15 is 0 Å². The Labute approximate surface area is 86.3 Å². The molecule has 0 amide bonds. The fourth-order valence-electron chi connectivity index (χ4n) is 1.08. The zero-order valence-corrected chi connectivity index (χ0v) is 8.05. The molecular weight excluding hydrogens is 232 g/mol. The lowest BCUT2D eigenvalue weighted by Crippen LogP contribution is -2.41. The summed E-state index contributed by atoms with van der Waals surface area (Å²) in [5, 5.41) is 17.7. The highest BCUT2D eigenvalue weighted by molar-refractivity contribution is 7.74. The Hall–Kier alpha value is -0.870. The molecule has 0 bridgehead atoms. The Bertz CT molecular complexity index is 302. The predicted octanol–water partition coefficient (Wildman–Crippen LogP) is -2.64. The van der Waals surface area contributed by atoms with Gasteiger partial charge in [0.15, 0.2) is 12.2 Å². The van der Waals surface area contributed by atoms with Crippen LogP contribution in [0.25, 0.3) is 0 Å². The van der Waals surface area contributed by atoms with Gasteiger partial charge in [-0.05, 0) is 0 Å². The first-order valence-electron chi connectivity index (χ1n) is 3.79. The highest BCUT2D eigenvalue weighted by atomic mass is 32.2. The van der Waals surface area contributed by atoms with E-state index in [4.69, 9.17) is 14.8 Å². The maximum atomic E-state index is 11.0. The van der Waals surface area contributed by atoms with Crippen LogP contribution in [0.5, 0.6) is 0 Å². The van der Waals surface area contributed by atoms with Crippen molar-refractivity contribution in [1.29, 1.82) is 0 Å². The Morgan fingerprint density at radius 3 is 2.60 bits per heavy atom. The summed E-state index contributed by atoms with van der Waals surface area (Å²) in [6, 6.07) is 0. The quantitative estimate of drug-likeness (QED) is 0.276. The van der Waals surface area contributed by atoms with Gasteiger partial charge >= 0.3 is 17.3 Å². The minimum Gasteiger partial charge on any atom is -0.450 e. The van der Waals surface area contributed by atoms with E-state index in [1.807, 2.05) is 0 Å². The SMILES string of the molecule is O=C1O[C@H]([C@@H](O)CO)C(OS(=O)O)C1=O. The molecule has 0 aromatic rings. The van der Waals surface area contributed by atoms with Crippen molar-refractivity contribution in [3.05, 3.63) is 0 Å². The number of aliphatic hydroxyl groups excluding tert-OH is 2. The summed E-state index contributed by atoms with van der Waals surface area (Å²) in [6.07, 6.45) is -4.69. The van der Waals surface area contributed by atoms with Gasteiger partial charge in [0.1, 0.15) is 6.10 Å². The van der Waals surface area contributed by atoms with Crippen molar-refractivity contribution >= 4 is 23.1 Å². The normalized spacial score (nSPS) is 30.1. The van der Waals surface area contributed by atoms with Gasteiger partial charge in [0.05, 0.1) is 6.61 Å². The number of cyclic esters (lactones) is 1. The molecule has 2 unspecified atom stereocenters. The maximum absolute atomic E-state index is 11.0. The zero-order chi connectivity index (χ0) is 11.6. The van der Waals surface area contributed by atoms with E-state index in [0.717, 1.165) is 0 Å². The highest BCUT2D eigenvalue weighted by Gasteiger charge is 2.49. The summed E-state index contributed by atoms with van der Waals surface area (Å²) in [5.74, 6) is -2.45. The number of aliphatic hydroxyl groups is 2. The lowest BCUT2D eigenvalue weighted by atomic mass is 10.1. The van der Waals surface area contributed by atoms with Crippen LogP contribution < -0.4 is 0 Å². The molecule has 4 atom stereocenters. The topological polar surface area (TPSA) is 130 Å². The van der Waals surface area contributed by atoms with Gasteiger partial charge < -0.3 is 14.9 Å². The summed E-state index contributed by atoms with van der Waals surface area (Å²) in [5.41, 5.74) is 0. The van der Waals surface area contributed by atoms with Gasteiger partial charge in [-0.1, -0.05) is 0 Å². The molecular formula is C6H8O8S. The van der Waals surface area contributed by atoms with Crippen LogP contribution in [0, 0.1) is 0 Å². The van der Waals surface area contributed by atoms with Gasteiger partial charge in [-0.2, -0.15) is 4.21 Å². The molecule has 1 heterocycles.